The zero-order valence-corrected chi connectivity index (χ0v) is 51.3. The Hall–Kier alpha value is -6.10. The fourth-order valence-corrected chi connectivity index (χ4v) is 12.9. The summed E-state index contributed by atoms with van der Waals surface area (Å²) in [7, 11) is 0. The molecule has 4 aliphatic carbocycles. The lowest BCUT2D eigenvalue weighted by molar-refractivity contribution is -0.120. The molecule has 0 unspecified atom stereocenters. The summed E-state index contributed by atoms with van der Waals surface area (Å²) in [6.45, 7) is 3.09. The van der Waals surface area contributed by atoms with Crippen LogP contribution in [0.15, 0.2) is 181 Å². The third-order valence-corrected chi connectivity index (χ3v) is 18.4. The molecule has 7 nitrogen and oxygen atoms in total. The summed E-state index contributed by atoms with van der Waals surface area (Å²) in [5, 5.41) is 23.0. The van der Waals surface area contributed by atoms with Gasteiger partial charge in [0.2, 0.25) is 11.8 Å². The van der Waals surface area contributed by atoms with Crippen LogP contribution in [0.1, 0.15) is 160 Å². The van der Waals surface area contributed by atoms with Crippen molar-refractivity contribution in [2.45, 2.75) is 88.5 Å². The Morgan fingerprint density at radius 3 is 1.30 bits per heavy atom. The van der Waals surface area contributed by atoms with Gasteiger partial charge in [-0.1, -0.05) is 225 Å². The Balaban J connectivity index is 0.000000133. The van der Waals surface area contributed by atoms with Crippen LogP contribution in [0, 0.1) is 0 Å². The minimum Gasteiger partial charge on any atom is -0.411 e. The molecule has 0 saturated carbocycles. The normalized spacial score (nSPS) is 18.8. The molecule has 15 heteroatoms. The van der Waals surface area contributed by atoms with Gasteiger partial charge in [0.05, 0.1) is 51.9 Å². The molecule has 0 aromatic heterocycles. The van der Waals surface area contributed by atoms with E-state index in [9.17, 15) is 14.4 Å². The lowest BCUT2D eigenvalue weighted by Crippen LogP contribution is -2.30. The first-order valence-electron chi connectivity index (χ1n) is 27.1. The smallest absolute Gasteiger partial charge is 0.221 e. The van der Waals surface area contributed by atoms with Gasteiger partial charge < -0.3 is 15.8 Å². The summed E-state index contributed by atoms with van der Waals surface area (Å²) in [4.78, 5) is 34.7. The molecular formula is C68H57Cl8N3O4. The van der Waals surface area contributed by atoms with E-state index in [1.165, 1.54) is 34.7 Å². The fourth-order valence-electron chi connectivity index (χ4n) is 11.6. The highest BCUT2D eigenvalue weighted by molar-refractivity contribution is 6.43. The van der Waals surface area contributed by atoms with Crippen molar-refractivity contribution in [3.63, 3.8) is 0 Å². The van der Waals surface area contributed by atoms with Gasteiger partial charge in [-0.15, -0.1) is 0 Å². The van der Waals surface area contributed by atoms with Crippen molar-refractivity contribution in [3.05, 3.63) is 283 Å². The highest BCUT2D eigenvalue weighted by Gasteiger charge is 2.31. The fraction of sp³-hybridized carbons (Fsp3) is 0.206. The van der Waals surface area contributed by atoms with E-state index in [0.29, 0.717) is 46.6 Å². The van der Waals surface area contributed by atoms with Crippen LogP contribution >= 0.6 is 92.8 Å². The summed E-state index contributed by atoms with van der Waals surface area (Å²) in [5.41, 5.74) is 15.0. The molecule has 8 aromatic carbocycles. The first-order chi connectivity index (χ1) is 40.0. The topological polar surface area (TPSA) is 108 Å². The number of nitrogens with one attached hydrogen (secondary N) is 2. The molecule has 83 heavy (non-hydrogen) atoms. The lowest BCUT2D eigenvalue weighted by atomic mass is 9.77. The Bertz CT molecular complexity index is 3790. The molecule has 5 atom stereocenters. The van der Waals surface area contributed by atoms with Gasteiger partial charge in [0.15, 0.2) is 5.78 Å². The molecule has 424 valence electrons. The summed E-state index contributed by atoms with van der Waals surface area (Å²) in [6, 6.07) is 55.4. The van der Waals surface area contributed by atoms with Gasteiger partial charge in [-0.3, -0.25) is 14.4 Å². The number of Topliss-reactive ketones (excluding diaryl/α,β-unsaturated/α-hetero) is 1. The van der Waals surface area contributed by atoms with Gasteiger partial charge in [0.1, 0.15) is 0 Å². The number of allylic oxidation sites excluding steroid dienone is 1. The van der Waals surface area contributed by atoms with Gasteiger partial charge in [-0.05, 0) is 137 Å². The van der Waals surface area contributed by atoms with Crippen LogP contribution in [-0.4, -0.2) is 28.5 Å². The predicted molar refractivity (Wildman–Crippen MR) is 342 cm³/mol. The van der Waals surface area contributed by atoms with Crippen molar-refractivity contribution >= 4 is 122 Å². The van der Waals surface area contributed by atoms with E-state index in [4.69, 9.17) is 98.0 Å². The van der Waals surface area contributed by atoms with Crippen LogP contribution in [0.25, 0.3) is 5.70 Å². The maximum Gasteiger partial charge on any atom is 0.221 e. The van der Waals surface area contributed by atoms with Crippen LogP contribution in [0.5, 0.6) is 0 Å². The molecule has 0 saturated heterocycles. The van der Waals surface area contributed by atoms with Gasteiger partial charge in [0, 0.05) is 66.3 Å². The van der Waals surface area contributed by atoms with Crippen molar-refractivity contribution in [1.82, 2.24) is 10.6 Å². The number of rotatable bonds is 6. The molecule has 8 aromatic rings. The number of oxime groups is 1. The lowest BCUT2D eigenvalue weighted by Gasteiger charge is -2.32. The monoisotopic (exact) mass is 1260 g/mol. The van der Waals surface area contributed by atoms with Crippen molar-refractivity contribution in [3.8, 4) is 0 Å². The predicted octanol–water partition coefficient (Wildman–Crippen LogP) is 20.3. The van der Waals surface area contributed by atoms with Gasteiger partial charge in [0.25, 0.3) is 0 Å². The Labute approximate surface area is 524 Å². The average molecular weight is 1260 g/mol. The number of benzene rings is 8. The highest BCUT2D eigenvalue weighted by Crippen LogP contribution is 2.44. The van der Waals surface area contributed by atoms with Crippen LogP contribution < -0.4 is 10.6 Å². The molecule has 0 fully saturated rings. The van der Waals surface area contributed by atoms with E-state index in [1.54, 1.807) is 6.92 Å². The van der Waals surface area contributed by atoms with Crippen LogP contribution in [0.3, 0.4) is 0 Å². The molecule has 0 bridgehead atoms. The molecule has 0 radical (unpaired) electrons. The average Bonchev–Trinajstić information content (AvgIpc) is 3.62. The standard InChI is InChI=1S/C18H17Cl2NO.C18H15Cl2NO.C16H13Cl2NO.C16H12Cl2O/c2*1-11(22)21-18-9-7-13(14-4-2-3-5-15(14)18)12-6-8-16(19)17(20)10-12;17-14-7-5-10(9-15(14)18)11-6-8-16(19-20)13-4-2-1-3-12(11)13;17-14-7-5-10(9-15(14)18)11-6-8-16(19)13-4-2-1-3-12(11)13/h2-6,8,10,13,18H,7,9H2,1H3,(H,21,22);2-6,8-10,13H,7H2,1H3,(H,21,22);1-5,7,9,11,20H,6,8H2;1-5,7,9,11H,6,8H2/t13-,18+;13-;2*11-/m0000/s1. The Morgan fingerprint density at radius 2 is 0.831 bits per heavy atom. The number of hydrogen-bond acceptors (Lipinski definition) is 5. The third-order valence-electron chi connectivity index (χ3n) is 15.5. The van der Waals surface area contributed by atoms with Crippen molar-refractivity contribution in [2.75, 3.05) is 0 Å². The number of halogens is 8. The van der Waals surface area contributed by atoms with E-state index in [-0.39, 0.29) is 47.3 Å². The van der Waals surface area contributed by atoms with Crippen molar-refractivity contribution in [1.29, 1.82) is 0 Å². The summed E-state index contributed by atoms with van der Waals surface area (Å²) in [5.74, 6) is 1.16. The highest BCUT2D eigenvalue weighted by atomic mass is 35.5. The number of nitrogens with zero attached hydrogens (tertiary/aromatic N) is 1. The quantitative estimate of drug-likeness (QED) is 0.114. The van der Waals surface area contributed by atoms with Crippen LogP contribution in [0.2, 0.25) is 40.2 Å². The van der Waals surface area contributed by atoms with Crippen LogP contribution in [-0.2, 0) is 9.59 Å². The molecular weight excluding hydrogens is 1210 g/mol. The molecule has 2 amide bonds. The number of ketones is 1. The van der Waals surface area contributed by atoms with Gasteiger partial charge in [-0.25, -0.2) is 0 Å². The number of amides is 2. The van der Waals surface area contributed by atoms with E-state index >= 15 is 0 Å². The second kappa shape index (κ2) is 28.2. The first-order valence-corrected chi connectivity index (χ1v) is 30.2. The van der Waals surface area contributed by atoms with Gasteiger partial charge >= 0.3 is 0 Å². The Kier molecular flexibility index (Phi) is 20.9. The van der Waals surface area contributed by atoms with Gasteiger partial charge in [-0.2, -0.15) is 0 Å². The van der Waals surface area contributed by atoms with Crippen molar-refractivity contribution in [2.24, 2.45) is 5.16 Å². The Morgan fingerprint density at radius 1 is 0.434 bits per heavy atom. The molecule has 0 spiro atoms. The van der Waals surface area contributed by atoms with E-state index in [1.807, 2.05) is 146 Å². The molecule has 4 aliphatic rings. The molecule has 0 aliphatic heterocycles. The second-order valence-electron chi connectivity index (χ2n) is 20.7. The number of carbonyl (C=O) groups excluding carboxylic acids is 3. The molecule has 3 N–H and O–H groups in total. The number of carbonyl (C=O) groups is 3. The minimum atomic E-state index is -0.0611. The molecule has 0 heterocycles. The van der Waals surface area contributed by atoms with E-state index in [0.717, 1.165) is 88.9 Å². The molecule has 12 rings (SSSR count). The maximum atomic E-state index is 11.9. The van der Waals surface area contributed by atoms with Crippen molar-refractivity contribution < 1.29 is 19.6 Å². The third kappa shape index (κ3) is 14.7. The summed E-state index contributed by atoms with van der Waals surface area (Å²) >= 11 is 48.5. The number of fused-ring (bicyclic) bond motifs is 4. The zero-order valence-electron chi connectivity index (χ0n) is 45.2. The summed E-state index contributed by atoms with van der Waals surface area (Å²) < 4.78 is 0. The number of hydrogen-bond donors (Lipinski definition) is 3. The zero-order chi connectivity index (χ0) is 58.9. The SMILES string of the molecule is CC(=O)NC1=CC[C@@H](c2ccc(Cl)c(Cl)c2)c2ccccc21.CC(=O)N[C@@H]1CC[C@@H](c2ccc(Cl)c(Cl)c2)c2ccccc21.O=C1CC[C@@H](c2ccc(Cl)c(Cl)c2)c2ccccc21.ON=C1CC[C@@H](c2ccc(Cl)c(Cl)c2)c2ccccc21. The van der Waals surface area contributed by atoms with Crippen LogP contribution in [0.4, 0.5) is 0 Å². The largest absolute Gasteiger partial charge is 0.411 e. The van der Waals surface area contributed by atoms with E-state index in [2.05, 4.69) is 46.1 Å². The minimum absolute atomic E-state index is 0.00721. The maximum absolute atomic E-state index is 11.9. The van der Waals surface area contributed by atoms with E-state index < -0.39 is 0 Å². The first kappa shape index (κ1) is 61.5. The summed E-state index contributed by atoms with van der Waals surface area (Å²) in [6.07, 6.45) is 7.82. The second-order valence-corrected chi connectivity index (χ2v) is 24.0.